The first-order valence-corrected chi connectivity index (χ1v) is 14.5. The van der Waals surface area contributed by atoms with Crippen LogP contribution in [-0.2, 0) is 16.4 Å². The van der Waals surface area contributed by atoms with Gasteiger partial charge >= 0.3 is 0 Å². The van der Waals surface area contributed by atoms with E-state index in [0.717, 1.165) is 49.1 Å². The molecule has 5 rings (SSSR count). The van der Waals surface area contributed by atoms with Crippen LogP contribution in [-0.4, -0.2) is 73.2 Å². The van der Waals surface area contributed by atoms with E-state index in [-0.39, 0.29) is 22.9 Å². The van der Waals surface area contributed by atoms with E-state index in [1.807, 2.05) is 6.92 Å². The van der Waals surface area contributed by atoms with Crippen LogP contribution in [0.4, 0.5) is 5.95 Å². The van der Waals surface area contributed by atoms with Crippen molar-refractivity contribution in [1.29, 1.82) is 0 Å². The molecule has 2 aromatic heterocycles. The maximum Gasteiger partial charge on any atom is 0.256 e. The molecule has 3 heterocycles. The maximum atomic E-state index is 13.0. The Labute approximate surface area is 226 Å². The third-order valence-electron chi connectivity index (χ3n) is 6.91. The molecule has 0 spiro atoms. The molecule has 1 saturated heterocycles. The molecule has 1 fully saturated rings. The molecular weight excluding hydrogens is 516 g/mol. The third kappa shape index (κ3) is 5.69. The van der Waals surface area contributed by atoms with Crippen molar-refractivity contribution in [2.24, 2.45) is 0 Å². The lowest BCUT2D eigenvalue weighted by molar-refractivity contribution is 0.0951. The van der Waals surface area contributed by atoms with E-state index in [1.54, 1.807) is 47.0 Å². The number of pyridine rings is 1. The van der Waals surface area contributed by atoms with Crippen LogP contribution >= 0.6 is 0 Å². The molecule has 202 valence electrons. The molecule has 0 aliphatic carbocycles. The largest absolute Gasteiger partial charge is 0.348 e. The van der Waals surface area contributed by atoms with Crippen LogP contribution in [0.15, 0.2) is 70.4 Å². The Morgan fingerprint density at radius 2 is 1.59 bits per heavy atom. The van der Waals surface area contributed by atoms with Crippen LogP contribution in [0.5, 0.6) is 0 Å². The van der Waals surface area contributed by atoms with Gasteiger partial charge in [0.15, 0.2) is 15.5 Å². The molecule has 0 saturated carbocycles. The molecule has 0 unspecified atom stereocenters. The van der Waals surface area contributed by atoms with Gasteiger partial charge in [0.2, 0.25) is 5.95 Å². The molecule has 1 amide bonds. The summed E-state index contributed by atoms with van der Waals surface area (Å²) in [6, 6.07) is 16.4. The van der Waals surface area contributed by atoms with Gasteiger partial charge in [-0.05, 0) is 62.0 Å². The number of fused-ring (bicyclic) bond motifs is 1. The predicted octanol–water partition coefficient (Wildman–Crippen LogP) is 2.17. The first-order valence-electron chi connectivity index (χ1n) is 12.6. The monoisotopic (exact) mass is 546 g/mol. The summed E-state index contributed by atoms with van der Waals surface area (Å²) in [5.74, 6) is 0.322. The van der Waals surface area contributed by atoms with Crippen molar-refractivity contribution in [2.45, 2.75) is 18.4 Å². The van der Waals surface area contributed by atoms with Crippen molar-refractivity contribution in [3.63, 3.8) is 0 Å². The Kier molecular flexibility index (Phi) is 7.19. The Hall–Kier alpha value is -4.09. The lowest BCUT2D eigenvalue weighted by atomic mass is 10.1. The number of hydrogen-bond donors (Lipinski definition) is 1. The van der Waals surface area contributed by atoms with E-state index in [1.165, 1.54) is 18.2 Å². The predicted molar refractivity (Wildman–Crippen MR) is 150 cm³/mol. The highest BCUT2D eigenvalue weighted by Gasteiger charge is 2.19. The van der Waals surface area contributed by atoms with Gasteiger partial charge < -0.3 is 15.1 Å². The molecule has 1 N–H and O–H groups in total. The standard InChI is InChI=1S/C28H30N6O4S/c1-19-24-12-13-25(35)34(26(24)31-28(30-19)33-16-14-32(2)15-17-33)22-8-6-21(7-9-22)27(36)29-18-20-4-10-23(11-5-20)39(3,37)38/h4-13H,14-18H2,1-3H3,(H,29,36). The molecule has 1 aliphatic rings. The second kappa shape index (κ2) is 10.6. The summed E-state index contributed by atoms with van der Waals surface area (Å²) < 4.78 is 24.8. The topological polar surface area (TPSA) is 118 Å². The highest BCUT2D eigenvalue weighted by Crippen LogP contribution is 2.22. The summed E-state index contributed by atoms with van der Waals surface area (Å²) in [6.07, 6.45) is 1.15. The molecule has 2 aromatic carbocycles. The minimum absolute atomic E-state index is 0.223. The van der Waals surface area contributed by atoms with Crippen molar-refractivity contribution in [3.8, 4) is 5.69 Å². The fourth-order valence-electron chi connectivity index (χ4n) is 4.55. The van der Waals surface area contributed by atoms with Gasteiger partial charge in [-0.15, -0.1) is 0 Å². The number of likely N-dealkylation sites (N-methyl/N-ethyl adjacent to an activating group) is 1. The van der Waals surface area contributed by atoms with Crippen LogP contribution in [0.25, 0.3) is 16.7 Å². The maximum absolute atomic E-state index is 13.0. The van der Waals surface area contributed by atoms with E-state index in [0.29, 0.717) is 22.8 Å². The number of sulfone groups is 1. The smallest absolute Gasteiger partial charge is 0.256 e. The minimum Gasteiger partial charge on any atom is -0.348 e. The van der Waals surface area contributed by atoms with Crippen molar-refractivity contribution in [3.05, 3.63) is 87.8 Å². The first-order chi connectivity index (χ1) is 18.6. The van der Waals surface area contributed by atoms with E-state index >= 15 is 0 Å². The summed E-state index contributed by atoms with van der Waals surface area (Å²) in [5, 5.41) is 3.63. The van der Waals surface area contributed by atoms with Crippen LogP contribution < -0.4 is 15.8 Å². The minimum atomic E-state index is -3.27. The molecule has 0 atom stereocenters. The number of nitrogens with zero attached hydrogens (tertiary/aromatic N) is 5. The zero-order chi connectivity index (χ0) is 27.7. The molecule has 0 radical (unpaired) electrons. The number of anilines is 1. The van der Waals surface area contributed by atoms with E-state index < -0.39 is 9.84 Å². The molecule has 11 heteroatoms. The number of piperazine rings is 1. The number of aryl methyl sites for hydroxylation is 1. The van der Waals surface area contributed by atoms with Crippen LogP contribution in [0.1, 0.15) is 21.6 Å². The highest BCUT2D eigenvalue weighted by atomic mass is 32.2. The zero-order valence-corrected chi connectivity index (χ0v) is 22.9. The number of carbonyl (C=O) groups excluding carboxylic acids is 1. The van der Waals surface area contributed by atoms with Gasteiger partial charge in [-0.1, -0.05) is 12.1 Å². The van der Waals surface area contributed by atoms with Gasteiger partial charge in [0, 0.05) is 56.0 Å². The third-order valence-corrected chi connectivity index (χ3v) is 8.04. The Balaban J connectivity index is 1.38. The number of benzene rings is 2. The van der Waals surface area contributed by atoms with Crippen LogP contribution in [0.3, 0.4) is 0 Å². The zero-order valence-electron chi connectivity index (χ0n) is 22.1. The SMILES string of the molecule is Cc1nc(N2CCN(C)CC2)nc2c1ccc(=O)n2-c1ccc(C(=O)NCc2ccc(S(C)(=O)=O)cc2)cc1. The van der Waals surface area contributed by atoms with Crippen molar-refractivity contribution in [2.75, 3.05) is 44.4 Å². The fraction of sp³-hybridized carbons (Fsp3) is 0.286. The summed E-state index contributed by atoms with van der Waals surface area (Å²) in [4.78, 5) is 39.9. The first kappa shape index (κ1) is 26.5. The fourth-order valence-corrected chi connectivity index (χ4v) is 5.18. The van der Waals surface area contributed by atoms with Crippen LogP contribution in [0, 0.1) is 6.92 Å². The molecular formula is C28H30N6O4S. The normalized spacial score (nSPS) is 14.5. The second-order valence-electron chi connectivity index (χ2n) is 9.79. The summed E-state index contributed by atoms with van der Waals surface area (Å²) in [6.45, 7) is 5.61. The quantitative estimate of drug-likeness (QED) is 0.391. The number of hydrogen-bond acceptors (Lipinski definition) is 8. The average Bonchev–Trinajstić information content (AvgIpc) is 2.92. The molecule has 39 heavy (non-hydrogen) atoms. The van der Waals surface area contributed by atoms with E-state index in [4.69, 9.17) is 9.97 Å². The number of amides is 1. The lowest BCUT2D eigenvalue weighted by Gasteiger charge is -2.32. The summed E-state index contributed by atoms with van der Waals surface area (Å²) in [5.41, 5.74) is 2.91. The Morgan fingerprint density at radius 3 is 2.23 bits per heavy atom. The second-order valence-corrected chi connectivity index (χ2v) is 11.8. The number of nitrogens with one attached hydrogen (secondary N) is 1. The summed E-state index contributed by atoms with van der Waals surface area (Å²) in [7, 11) is -1.19. The number of carbonyl (C=O) groups is 1. The average molecular weight is 547 g/mol. The molecule has 4 aromatic rings. The highest BCUT2D eigenvalue weighted by molar-refractivity contribution is 7.90. The number of aromatic nitrogens is 3. The van der Waals surface area contributed by atoms with Crippen molar-refractivity contribution >= 4 is 32.7 Å². The lowest BCUT2D eigenvalue weighted by Crippen LogP contribution is -2.45. The van der Waals surface area contributed by atoms with E-state index in [9.17, 15) is 18.0 Å². The van der Waals surface area contributed by atoms with Crippen molar-refractivity contribution in [1.82, 2.24) is 24.8 Å². The molecule has 0 bridgehead atoms. The number of rotatable bonds is 6. The van der Waals surface area contributed by atoms with Gasteiger partial charge in [0.1, 0.15) is 0 Å². The van der Waals surface area contributed by atoms with Gasteiger partial charge in [-0.25, -0.2) is 13.4 Å². The van der Waals surface area contributed by atoms with E-state index in [2.05, 4.69) is 22.2 Å². The molecule has 1 aliphatic heterocycles. The summed E-state index contributed by atoms with van der Waals surface area (Å²) >= 11 is 0. The Bertz CT molecular complexity index is 1690. The van der Waals surface area contributed by atoms with Crippen molar-refractivity contribution < 1.29 is 13.2 Å². The van der Waals surface area contributed by atoms with Gasteiger partial charge in [-0.3, -0.25) is 14.2 Å². The van der Waals surface area contributed by atoms with Crippen LogP contribution in [0.2, 0.25) is 0 Å². The van der Waals surface area contributed by atoms with Gasteiger partial charge in [-0.2, -0.15) is 4.98 Å². The Morgan fingerprint density at radius 1 is 0.923 bits per heavy atom. The van der Waals surface area contributed by atoms with Gasteiger partial charge in [0.25, 0.3) is 11.5 Å². The van der Waals surface area contributed by atoms with Gasteiger partial charge in [0.05, 0.1) is 16.3 Å². The molecule has 10 nitrogen and oxygen atoms in total.